The van der Waals surface area contributed by atoms with Gasteiger partial charge in [-0.05, 0) is 88.5 Å². The highest BCUT2D eigenvalue weighted by Gasteiger charge is 2.11. The van der Waals surface area contributed by atoms with E-state index in [0.29, 0.717) is 12.2 Å². The Balaban J connectivity index is 2.14. The molecule has 0 aromatic heterocycles. The van der Waals surface area contributed by atoms with E-state index in [2.05, 4.69) is 48.7 Å². The summed E-state index contributed by atoms with van der Waals surface area (Å²) < 4.78 is 0. The summed E-state index contributed by atoms with van der Waals surface area (Å²) in [4.78, 5) is 12.2. The molecule has 0 radical (unpaired) electrons. The third-order valence-corrected chi connectivity index (χ3v) is 5.37. The van der Waals surface area contributed by atoms with Crippen LogP contribution in [0.4, 0.5) is 5.69 Å². The summed E-state index contributed by atoms with van der Waals surface area (Å²) >= 11 is 0. The van der Waals surface area contributed by atoms with Crippen molar-refractivity contribution >= 4 is 11.6 Å². The minimum atomic E-state index is 0.0391. The number of aryl methyl sites for hydroxylation is 1. The third kappa shape index (κ3) is 10.5. The topological polar surface area (TPSA) is 49.3 Å². The number of phenols is 1. The molecule has 0 saturated carbocycles. The summed E-state index contributed by atoms with van der Waals surface area (Å²) in [6.07, 6.45) is 23.9. The van der Waals surface area contributed by atoms with Crippen LogP contribution in [0, 0.1) is 20.8 Å². The fourth-order valence-corrected chi connectivity index (χ4v) is 3.25. The lowest BCUT2D eigenvalue weighted by atomic mass is 10.0. The van der Waals surface area contributed by atoms with Crippen molar-refractivity contribution in [3.63, 3.8) is 0 Å². The quantitative estimate of drug-likeness (QED) is 0.186. The van der Waals surface area contributed by atoms with Gasteiger partial charge in [0.2, 0.25) is 5.91 Å². The monoisotopic (exact) mass is 411 g/mol. The van der Waals surface area contributed by atoms with Crippen molar-refractivity contribution in [2.24, 2.45) is 0 Å². The van der Waals surface area contributed by atoms with Gasteiger partial charge in [0, 0.05) is 12.1 Å². The summed E-state index contributed by atoms with van der Waals surface area (Å²) in [6, 6.07) is 1.84. The zero-order valence-corrected chi connectivity index (χ0v) is 19.5. The number of allylic oxidation sites excluding steroid dienone is 6. The number of anilines is 1. The number of unbranched alkanes of at least 4 members (excludes halogenated alkanes) is 5. The maximum absolute atomic E-state index is 12.2. The second-order valence-electron chi connectivity index (χ2n) is 8.01. The van der Waals surface area contributed by atoms with Gasteiger partial charge < -0.3 is 10.4 Å². The largest absolute Gasteiger partial charge is 0.507 e. The number of hydrogen-bond donors (Lipinski definition) is 2. The molecule has 1 aromatic carbocycles. The summed E-state index contributed by atoms with van der Waals surface area (Å²) in [5.74, 6) is 0.350. The van der Waals surface area contributed by atoms with E-state index in [0.717, 1.165) is 54.5 Å². The van der Waals surface area contributed by atoms with Crippen LogP contribution in [0.5, 0.6) is 5.75 Å². The highest BCUT2D eigenvalue weighted by atomic mass is 16.3. The van der Waals surface area contributed by atoms with Gasteiger partial charge >= 0.3 is 0 Å². The standard InChI is InChI=1S/C27H41NO2/c1-5-6-7-8-9-10-11-12-13-14-15-16-17-18-19-20-26(29)28-25-21-22(2)27(30)24(4)23(25)3/h9-10,12-13,15-16,21,30H,5-8,11,14,17-20H2,1-4H3,(H,28,29). The van der Waals surface area contributed by atoms with E-state index < -0.39 is 0 Å². The summed E-state index contributed by atoms with van der Waals surface area (Å²) in [6.45, 7) is 7.89. The van der Waals surface area contributed by atoms with Crippen molar-refractivity contribution in [1.82, 2.24) is 0 Å². The van der Waals surface area contributed by atoms with Crippen LogP contribution in [0.15, 0.2) is 42.5 Å². The number of benzene rings is 1. The molecule has 0 aliphatic heterocycles. The third-order valence-electron chi connectivity index (χ3n) is 5.37. The summed E-state index contributed by atoms with van der Waals surface area (Å²) in [5.41, 5.74) is 3.34. The maximum Gasteiger partial charge on any atom is 0.224 e. The molecular formula is C27H41NO2. The van der Waals surface area contributed by atoms with Crippen LogP contribution in [0.3, 0.4) is 0 Å². The summed E-state index contributed by atoms with van der Waals surface area (Å²) in [5, 5.41) is 13.0. The number of carbonyl (C=O) groups excluding carboxylic acids is 1. The number of phenolic OH excluding ortho intramolecular Hbond substituents is 1. The van der Waals surface area contributed by atoms with Gasteiger partial charge in [0.1, 0.15) is 5.75 Å². The first kappa shape index (κ1) is 25.7. The second-order valence-corrected chi connectivity index (χ2v) is 8.01. The van der Waals surface area contributed by atoms with Gasteiger partial charge in [0.15, 0.2) is 0 Å². The van der Waals surface area contributed by atoms with Crippen LogP contribution in [-0.4, -0.2) is 11.0 Å². The Kier molecular flexibility index (Phi) is 13.3. The normalized spacial score (nSPS) is 11.9. The van der Waals surface area contributed by atoms with E-state index in [-0.39, 0.29) is 5.91 Å². The molecule has 1 amide bonds. The Morgan fingerprint density at radius 2 is 1.43 bits per heavy atom. The van der Waals surface area contributed by atoms with Crippen LogP contribution in [-0.2, 0) is 4.79 Å². The highest BCUT2D eigenvalue weighted by molar-refractivity contribution is 5.92. The molecular weight excluding hydrogens is 370 g/mol. The van der Waals surface area contributed by atoms with E-state index in [4.69, 9.17) is 0 Å². The van der Waals surface area contributed by atoms with Crippen molar-refractivity contribution in [2.75, 3.05) is 5.32 Å². The first-order valence-electron chi connectivity index (χ1n) is 11.5. The maximum atomic E-state index is 12.2. The van der Waals surface area contributed by atoms with E-state index >= 15 is 0 Å². The van der Waals surface area contributed by atoms with Crippen molar-refractivity contribution in [1.29, 1.82) is 0 Å². The number of nitrogens with one attached hydrogen (secondary N) is 1. The molecule has 0 saturated heterocycles. The van der Waals surface area contributed by atoms with Gasteiger partial charge in [-0.3, -0.25) is 4.79 Å². The average Bonchev–Trinajstić information content (AvgIpc) is 2.73. The van der Waals surface area contributed by atoms with Crippen LogP contribution in [0.25, 0.3) is 0 Å². The van der Waals surface area contributed by atoms with E-state index in [1.165, 1.54) is 25.7 Å². The minimum Gasteiger partial charge on any atom is -0.507 e. The molecule has 0 unspecified atom stereocenters. The first-order chi connectivity index (χ1) is 14.5. The molecule has 3 heteroatoms. The molecule has 0 aliphatic carbocycles. The van der Waals surface area contributed by atoms with Crippen LogP contribution >= 0.6 is 0 Å². The Labute approximate surface area is 184 Å². The Morgan fingerprint density at radius 1 is 0.867 bits per heavy atom. The SMILES string of the molecule is CCCCCC=CCC=CCC=CCCCCC(=O)Nc1cc(C)c(O)c(C)c1C. The van der Waals surface area contributed by atoms with Gasteiger partial charge in [-0.25, -0.2) is 0 Å². The van der Waals surface area contributed by atoms with Gasteiger partial charge in [0.25, 0.3) is 0 Å². The van der Waals surface area contributed by atoms with Gasteiger partial charge in [0.05, 0.1) is 0 Å². The smallest absolute Gasteiger partial charge is 0.224 e. The molecule has 0 spiro atoms. The molecule has 1 rings (SSSR count). The van der Waals surface area contributed by atoms with Crippen molar-refractivity contribution in [3.8, 4) is 5.75 Å². The Hall–Kier alpha value is -2.29. The van der Waals surface area contributed by atoms with E-state index in [1.807, 2.05) is 26.8 Å². The number of amides is 1. The molecule has 30 heavy (non-hydrogen) atoms. The van der Waals surface area contributed by atoms with Crippen molar-refractivity contribution in [3.05, 3.63) is 59.2 Å². The molecule has 0 fully saturated rings. The molecule has 0 heterocycles. The lowest BCUT2D eigenvalue weighted by Crippen LogP contribution is -2.12. The van der Waals surface area contributed by atoms with Crippen molar-refractivity contribution < 1.29 is 9.90 Å². The predicted molar refractivity (Wildman–Crippen MR) is 130 cm³/mol. The summed E-state index contributed by atoms with van der Waals surface area (Å²) in [7, 11) is 0. The van der Waals surface area contributed by atoms with Crippen LogP contribution < -0.4 is 5.32 Å². The molecule has 2 N–H and O–H groups in total. The van der Waals surface area contributed by atoms with Crippen LogP contribution in [0.1, 0.15) is 87.8 Å². The van der Waals surface area contributed by atoms with Crippen molar-refractivity contribution in [2.45, 2.75) is 91.9 Å². The zero-order chi connectivity index (χ0) is 22.2. The van der Waals surface area contributed by atoms with E-state index in [9.17, 15) is 9.90 Å². The lowest BCUT2D eigenvalue weighted by Gasteiger charge is -2.14. The molecule has 0 bridgehead atoms. The molecule has 0 atom stereocenters. The molecule has 166 valence electrons. The average molecular weight is 412 g/mol. The zero-order valence-electron chi connectivity index (χ0n) is 19.5. The first-order valence-corrected chi connectivity index (χ1v) is 11.5. The van der Waals surface area contributed by atoms with Gasteiger partial charge in [-0.2, -0.15) is 0 Å². The number of hydrogen-bond acceptors (Lipinski definition) is 2. The van der Waals surface area contributed by atoms with E-state index in [1.54, 1.807) is 0 Å². The molecule has 3 nitrogen and oxygen atoms in total. The number of aromatic hydroxyl groups is 1. The fraction of sp³-hybridized carbons (Fsp3) is 0.519. The Bertz CT molecular complexity index is 729. The number of rotatable bonds is 14. The van der Waals surface area contributed by atoms with Gasteiger partial charge in [-0.15, -0.1) is 0 Å². The Morgan fingerprint density at radius 3 is 2.03 bits per heavy atom. The predicted octanol–water partition coefficient (Wildman–Crippen LogP) is 7.85. The second kappa shape index (κ2) is 15.5. The molecule has 0 aliphatic rings. The minimum absolute atomic E-state index is 0.0391. The molecule has 1 aromatic rings. The highest BCUT2D eigenvalue weighted by Crippen LogP contribution is 2.30. The lowest BCUT2D eigenvalue weighted by molar-refractivity contribution is -0.116. The fourth-order valence-electron chi connectivity index (χ4n) is 3.25. The van der Waals surface area contributed by atoms with Gasteiger partial charge in [-0.1, -0.05) is 56.2 Å². The number of carbonyl (C=O) groups is 1. The van der Waals surface area contributed by atoms with Crippen LogP contribution in [0.2, 0.25) is 0 Å².